The lowest BCUT2D eigenvalue weighted by Crippen LogP contribution is -2.53. The van der Waals surface area contributed by atoms with Crippen LogP contribution < -0.4 is 10.1 Å². The Labute approximate surface area is 219 Å². The van der Waals surface area contributed by atoms with Crippen molar-refractivity contribution in [2.24, 2.45) is 10.8 Å². The van der Waals surface area contributed by atoms with Crippen LogP contribution in [0.3, 0.4) is 0 Å². The van der Waals surface area contributed by atoms with Gasteiger partial charge >= 0.3 is 5.97 Å². The molecule has 2 aromatic rings. The quantitative estimate of drug-likeness (QED) is 0.399. The highest BCUT2D eigenvalue weighted by molar-refractivity contribution is 5.96. The summed E-state index contributed by atoms with van der Waals surface area (Å²) in [7, 11) is 1.68. The summed E-state index contributed by atoms with van der Waals surface area (Å²) in [6, 6.07) is 15.7. The van der Waals surface area contributed by atoms with Crippen LogP contribution >= 0.6 is 0 Å². The van der Waals surface area contributed by atoms with Gasteiger partial charge in [-0.1, -0.05) is 43.5 Å². The normalized spacial score (nSPS) is 26.6. The summed E-state index contributed by atoms with van der Waals surface area (Å²) in [5.74, 6) is -0.0404. The van der Waals surface area contributed by atoms with E-state index in [1.54, 1.807) is 13.2 Å². The molecule has 2 bridgehead atoms. The molecule has 0 spiro atoms. The van der Waals surface area contributed by atoms with Gasteiger partial charge in [-0.3, -0.25) is 4.79 Å². The number of fused-ring (bicyclic) bond motifs is 3. The van der Waals surface area contributed by atoms with E-state index in [0.717, 1.165) is 75.2 Å². The molecule has 2 heterocycles. The number of carbonyl (C=O) groups excluding carboxylic acids is 1. The number of carbonyl (C=O) groups is 2. The molecule has 0 unspecified atom stereocenters. The van der Waals surface area contributed by atoms with E-state index < -0.39 is 11.4 Å². The van der Waals surface area contributed by atoms with Crippen LogP contribution in [0.25, 0.3) is 6.08 Å². The van der Waals surface area contributed by atoms with E-state index in [2.05, 4.69) is 17.4 Å². The van der Waals surface area contributed by atoms with Crippen molar-refractivity contribution in [1.82, 2.24) is 0 Å². The van der Waals surface area contributed by atoms with Gasteiger partial charge in [-0.05, 0) is 91.8 Å². The molecule has 2 aliphatic heterocycles. The van der Waals surface area contributed by atoms with Gasteiger partial charge < -0.3 is 19.9 Å². The van der Waals surface area contributed by atoms with Crippen molar-refractivity contribution in [2.45, 2.75) is 69.8 Å². The van der Waals surface area contributed by atoms with Crippen LogP contribution in [-0.2, 0) is 19.9 Å². The lowest BCUT2D eigenvalue weighted by atomic mass is 9.56. The number of carboxylic acid groups (broad SMARTS) is 1. The van der Waals surface area contributed by atoms with E-state index in [1.165, 1.54) is 12.0 Å². The van der Waals surface area contributed by atoms with Crippen molar-refractivity contribution in [1.29, 1.82) is 0 Å². The molecule has 0 radical (unpaired) electrons. The van der Waals surface area contributed by atoms with Crippen LogP contribution in [0.4, 0.5) is 5.69 Å². The highest BCUT2D eigenvalue weighted by Crippen LogP contribution is 2.59. The maximum atomic E-state index is 13.9. The Bertz CT molecular complexity index is 1140. The fraction of sp³-hybridized carbons (Fsp3) is 0.484. The average molecular weight is 504 g/mol. The Morgan fingerprint density at radius 2 is 1.73 bits per heavy atom. The second-order valence-corrected chi connectivity index (χ2v) is 11.3. The zero-order valence-corrected chi connectivity index (χ0v) is 21.6. The van der Waals surface area contributed by atoms with Gasteiger partial charge in [0.25, 0.3) is 0 Å². The Hall–Kier alpha value is -3.12. The van der Waals surface area contributed by atoms with Crippen molar-refractivity contribution in [3.63, 3.8) is 0 Å². The minimum atomic E-state index is -0.993. The fourth-order valence-electron chi connectivity index (χ4n) is 6.84. The standard InChI is InChI=1S/C31H37NO5/c1-36-26-11-9-24(10-12-26)31-18-16-29(17-19-31,22-37-31)21-30(14-3-2-4-15-30)28(35)32-25-7-5-6-23(20-25)8-13-27(33)34/h5-13,20H,2-4,14-19,21-22H2,1H3,(H,32,35)(H,33,34)/b13-8+. The largest absolute Gasteiger partial charge is 0.497 e. The molecule has 2 aromatic carbocycles. The van der Waals surface area contributed by atoms with E-state index in [0.29, 0.717) is 12.3 Å². The van der Waals surface area contributed by atoms with E-state index in [1.807, 2.05) is 36.4 Å². The smallest absolute Gasteiger partial charge is 0.328 e. The van der Waals surface area contributed by atoms with Gasteiger partial charge in [-0.25, -0.2) is 4.79 Å². The van der Waals surface area contributed by atoms with Crippen LogP contribution in [0.5, 0.6) is 5.75 Å². The predicted octanol–water partition coefficient (Wildman–Crippen LogP) is 6.56. The molecule has 196 valence electrons. The molecule has 37 heavy (non-hydrogen) atoms. The third-order valence-electron chi connectivity index (χ3n) is 8.96. The zero-order chi connectivity index (χ0) is 25.9. The number of aliphatic carboxylic acids is 1. The number of methoxy groups -OCH3 is 1. The third-order valence-corrected chi connectivity index (χ3v) is 8.96. The van der Waals surface area contributed by atoms with Crippen molar-refractivity contribution < 1.29 is 24.2 Å². The van der Waals surface area contributed by atoms with Gasteiger partial charge in [0.05, 0.1) is 24.7 Å². The summed E-state index contributed by atoms with van der Waals surface area (Å²) in [5.41, 5.74) is 2.10. The summed E-state index contributed by atoms with van der Waals surface area (Å²) in [6.07, 6.45) is 12.8. The van der Waals surface area contributed by atoms with Crippen molar-refractivity contribution in [3.05, 3.63) is 65.7 Å². The molecule has 2 N–H and O–H groups in total. The fourth-order valence-corrected chi connectivity index (χ4v) is 6.84. The van der Waals surface area contributed by atoms with Crippen LogP contribution in [0, 0.1) is 10.8 Å². The van der Waals surface area contributed by atoms with Gasteiger partial charge in [-0.15, -0.1) is 0 Å². The highest BCUT2D eigenvalue weighted by atomic mass is 16.5. The SMILES string of the molecule is COc1ccc(C23CCC(CC4(C(=O)Nc5cccc(/C=C/C(=O)O)c5)CCCCC4)(CC2)CO3)cc1. The molecular weight excluding hydrogens is 466 g/mol. The summed E-state index contributed by atoms with van der Waals surface area (Å²) in [5, 5.41) is 12.1. The maximum absolute atomic E-state index is 13.9. The number of carboxylic acids is 1. The van der Waals surface area contributed by atoms with Crippen molar-refractivity contribution in [2.75, 3.05) is 19.0 Å². The summed E-state index contributed by atoms with van der Waals surface area (Å²) >= 11 is 0. The highest BCUT2D eigenvalue weighted by Gasteiger charge is 2.54. The number of anilines is 1. The predicted molar refractivity (Wildman–Crippen MR) is 143 cm³/mol. The first-order valence-electron chi connectivity index (χ1n) is 13.5. The summed E-state index contributed by atoms with van der Waals surface area (Å²) in [6.45, 7) is 0.698. The van der Waals surface area contributed by atoms with Crippen LogP contribution in [0.15, 0.2) is 54.6 Å². The minimum Gasteiger partial charge on any atom is -0.497 e. The van der Waals surface area contributed by atoms with Crippen LogP contribution in [0.2, 0.25) is 0 Å². The van der Waals surface area contributed by atoms with Crippen molar-refractivity contribution >= 4 is 23.6 Å². The lowest BCUT2D eigenvalue weighted by Gasteiger charge is -2.56. The molecule has 6 heteroatoms. The van der Waals surface area contributed by atoms with E-state index in [4.69, 9.17) is 14.6 Å². The first-order valence-corrected chi connectivity index (χ1v) is 13.5. The monoisotopic (exact) mass is 503 g/mol. The number of rotatable bonds is 8. The molecule has 6 rings (SSSR count). The molecule has 0 atom stereocenters. The Morgan fingerprint density at radius 1 is 1.00 bits per heavy atom. The molecule has 4 aliphatic rings. The third kappa shape index (κ3) is 5.30. The number of hydrogen-bond donors (Lipinski definition) is 2. The second kappa shape index (κ2) is 10.3. The molecule has 6 nitrogen and oxygen atoms in total. The molecule has 4 fully saturated rings. The second-order valence-electron chi connectivity index (χ2n) is 11.3. The topological polar surface area (TPSA) is 84.9 Å². The minimum absolute atomic E-state index is 0.0367. The van der Waals surface area contributed by atoms with Gasteiger partial charge in [0.15, 0.2) is 0 Å². The van der Waals surface area contributed by atoms with Gasteiger partial charge in [-0.2, -0.15) is 0 Å². The Kier molecular flexibility index (Phi) is 7.13. The summed E-state index contributed by atoms with van der Waals surface area (Å²) in [4.78, 5) is 24.8. The summed E-state index contributed by atoms with van der Waals surface area (Å²) < 4.78 is 12.0. The van der Waals surface area contributed by atoms with Crippen LogP contribution in [-0.4, -0.2) is 30.7 Å². The van der Waals surface area contributed by atoms with E-state index in [9.17, 15) is 9.59 Å². The molecular formula is C31H37NO5. The molecule has 2 aliphatic carbocycles. The number of amides is 1. The van der Waals surface area contributed by atoms with E-state index >= 15 is 0 Å². The van der Waals surface area contributed by atoms with Gasteiger partial charge in [0.1, 0.15) is 5.75 Å². The number of ether oxygens (including phenoxy) is 2. The molecule has 2 saturated heterocycles. The van der Waals surface area contributed by atoms with E-state index in [-0.39, 0.29) is 16.9 Å². The first-order chi connectivity index (χ1) is 17.9. The maximum Gasteiger partial charge on any atom is 0.328 e. The molecule has 0 aromatic heterocycles. The average Bonchev–Trinajstić information content (AvgIpc) is 2.93. The number of hydrogen-bond acceptors (Lipinski definition) is 4. The molecule has 1 amide bonds. The number of nitrogens with one attached hydrogen (secondary N) is 1. The Balaban J connectivity index is 1.31. The Morgan fingerprint density at radius 3 is 2.35 bits per heavy atom. The number of benzene rings is 2. The van der Waals surface area contributed by atoms with Gasteiger partial charge in [0, 0.05) is 11.8 Å². The first kappa shape index (κ1) is 25.5. The van der Waals surface area contributed by atoms with Crippen LogP contribution in [0.1, 0.15) is 75.3 Å². The molecule has 2 saturated carbocycles. The zero-order valence-electron chi connectivity index (χ0n) is 21.6. The van der Waals surface area contributed by atoms with Gasteiger partial charge in [0.2, 0.25) is 5.91 Å². The lowest BCUT2D eigenvalue weighted by molar-refractivity contribution is -0.200. The van der Waals surface area contributed by atoms with Crippen molar-refractivity contribution in [3.8, 4) is 5.75 Å².